The van der Waals surface area contributed by atoms with Gasteiger partial charge in [-0.1, -0.05) is 18.2 Å². The number of nitrogens with zero attached hydrogens (tertiary/aromatic N) is 2. The van der Waals surface area contributed by atoms with Crippen LogP contribution < -0.4 is 4.90 Å². The van der Waals surface area contributed by atoms with Crippen molar-refractivity contribution in [2.24, 2.45) is 0 Å². The molecular formula is C23H23IN2O4. The summed E-state index contributed by atoms with van der Waals surface area (Å²) in [5.41, 5.74) is 1.92. The van der Waals surface area contributed by atoms with Crippen LogP contribution >= 0.6 is 22.6 Å². The smallest absolute Gasteiger partial charge is 0.257 e. The van der Waals surface area contributed by atoms with Crippen LogP contribution in [0.25, 0.3) is 0 Å². The summed E-state index contributed by atoms with van der Waals surface area (Å²) in [4.78, 5) is 42.3. The maximum absolute atomic E-state index is 13.5. The van der Waals surface area contributed by atoms with Gasteiger partial charge in [0.2, 0.25) is 5.91 Å². The lowest BCUT2D eigenvalue weighted by atomic mass is 10.0. The first-order valence-corrected chi connectivity index (χ1v) is 11.1. The molecule has 6 nitrogen and oxygen atoms in total. The molecule has 2 unspecified atom stereocenters. The van der Waals surface area contributed by atoms with Crippen molar-refractivity contribution in [1.29, 1.82) is 0 Å². The first kappa shape index (κ1) is 21.0. The fraction of sp³-hybridized carbons (Fsp3) is 0.348. The summed E-state index contributed by atoms with van der Waals surface area (Å²) >= 11 is 2.18. The van der Waals surface area contributed by atoms with Crippen molar-refractivity contribution < 1.29 is 19.1 Å². The van der Waals surface area contributed by atoms with Gasteiger partial charge in [-0.25, -0.2) is 4.90 Å². The Morgan fingerprint density at radius 1 is 1.17 bits per heavy atom. The van der Waals surface area contributed by atoms with Crippen LogP contribution in [-0.4, -0.2) is 47.9 Å². The van der Waals surface area contributed by atoms with E-state index in [9.17, 15) is 14.4 Å². The second-order valence-electron chi connectivity index (χ2n) is 7.67. The van der Waals surface area contributed by atoms with Gasteiger partial charge in [-0.2, -0.15) is 0 Å². The van der Waals surface area contributed by atoms with Crippen molar-refractivity contribution in [3.63, 3.8) is 0 Å². The predicted octanol–water partition coefficient (Wildman–Crippen LogP) is 3.55. The van der Waals surface area contributed by atoms with Crippen LogP contribution in [0.2, 0.25) is 0 Å². The molecule has 0 radical (unpaired) electrons. The quantitative estimate of drug-likeness (QED) is 0.449. The normalized spacial score (nSPS) is 21.3. The maximum atomic E-state index is 13.5. The third-order valence-corrected chi connectivity index (χ3v) is 6.36. The van der Waals surface area contributed by atoms with E-state index >= 15 is 0 Å². The molecule has 0 aromatic heterocycles. The Balaban J connectivity index is 1.65. The number of halogens is 1. The summed E-state index contributed by atoms with van der Waals surface area (Å²) in [5.74, 6) is -0.888. The number of anilines is 1. The number of benzene rings is 2. The van der Waals surface area contributed by atoms with Gasteiger partial charge >= 0.3 is 0 Å². The Hall–Kier alpha value is -2.26. The summed E-state index contributed by atoms with van der Waals surface area (Å²) in [6.07, 6.45) is 1.64. The number of imide groups is 1. The van der Waals surface area contributed by atoms with Crippen LogP contribution in [0.3, 0.4) is 0 Å². The number of carbonyl (C=O) groups excluding carboxylic acids is 3. The molecule has 30 heavy (non-hydrogen) atoms. The zero-order valence-corrected chi connectivity index (χ0v) is 18.9. The van der Waals surface area contributed by atoms with Crippen LogP contribution in [0.15, 0.2) is 48.5 Å². The average molecular weight is 518 g/mol. The van der Waals surface area contributed by atoms with Crippen LogP contribution in [0, 0.1) is 10.5 Å². The number of ether oxygens (including phenoxy) is 1. The third kappa shape index (κ3) is 4.13. The predicted molar refractivity (Wildman–Crippen MR) is 121 cm³/mol. The molecule has 0 aliphatic carbocycles. The van der Waals surface area contributed by atoms with Gasteiger partial charge < -0.3 is 9.64 Å². The van der Waals surface area contributed by atoms with Gasteiger partial charge in [-0.3, -0.25) is 14.4 Å². The molecule has 3 amide bonds. The van der Waals surface area contributed by atoms with Crippen molar-refractivity contribution >= 4 is 46.0 Å². The Morgan fingerprint density at radius 2 is 1.90 bits per heavy atom. The van der Waals surface area contributed by atoms with Gasteiger partial charge in [-0.15, -0.1) is 0 Å². The van der Waals surface area contributed by atoms with Gasteiger partial charge in [0.15, 0.2) is 0 Å². The average Bonchev–Trinajstić information content (AvgIpc) is 3.35. The molecule has 0 bridgehead atoms. The summed E-state index contributed by atoms with van der Waals surface area (Å²) in [5, 5.41) is 0. The first-order valence-electron chi connectivity index (χ1n) is 10.1. The number of amides is 3. The standard InChI is InChI=1S/C23H23IN2O4/c1-15-5-2-3-7-19(15)22(28)25(14-18-6-4-12-30-18)20-13-21(27)26(23(20)29)17-10-8-16(24)9-11-17/h2-3,5,7-11,18,20H,4,6,12-14H2,1H3. The van der Waals surface area contributed by atoms with E-state index in [1.54, 1.807) is 23.1 Å². The Morgan fingerprint density at radius 3 is 2.57 bits per heavy atom. The van der Waals surface area contributed by atoms with Crippen molar-refractivity contribution in [2.45, 2.75) is 38.3 Å². The summed E-state index contributed by atoms with van der Waals surface area (Å²) in [6, 6.07) is 13.7. The number of carbonyl (C=O) groups is 3. The van der Waals surface area contributed by atoms with Crippen LogP contribution in [0.5, 0.6) is 0 Å². The monoisotopic (exact) mass is 518 g/mol. The zero-order chi connectivity index (χ0) is 21.3. The van der Waals surface area contributed by atoms with E-state index in [1.807, 2.05) is 37.3 Å². The van der Waals surface area contributed by atoms with Crippen molar-refractivity contribution in [1.82, 2.24) is 4.90 Å². The second kappa shape index (κ2) is 8.85. The van der Waals surface area contributed by atoms with Gasteiger partial charge in [0.1, 0.15) is 6.04 Å². The van der Waals surface area contributed by atoms with E-state index in [2.05, 4.69) is 22.6 Å². The fourth-order valence-electron chi connectivity index (χ4n) is 4.05. The topological polar surface area (TPSA) is 66.9 Å². The lowest BCUT2D eigenvalue weighted by Gasteiger charge is -2.30. The van der Waals surface area contributed by atoms with Crippen LogP contribution in [-0.2, 0) is 14.3 Å². The highest BCUT2D eigenvalue weighted by atomic mass is 127. The fourth-order valence-corrected chi connectivity index (χ4v) is 4.41. The molecule has 2 atom stereocenters. The zero-order valence-electron chi connectivity index (χ0n) is 16.7. The Bertz CT molecular complexity index is 969. The minimum atomic E-state index is -0.826. The molecule has 2 heterocycles. The highest BCUT2D eigenvalue weighted by Gasteiger charge is 2.45. The number of rotatable bonds is 5. The lowest BCUT2D eigenvalue weighted by Crippen LogP contribution is -2.48. The molecule has 0 saturated carbocycles. The van der Waals surface area contributed by atoms with Gasteiger partial charge in [0.25, 0.3) is 11.8 Å². The van der Waals surface area contributed by atoms with Gasteiger partial charge in [0, 0.05) is 22.3 Å². The highest BCUT2D eigenvalue weighted by Crippen LogP contribution is 2.29. The van der Waals surface area contributed by atoms with E-state index in [0.29, 0.717) is 24.4 Å². The number of hydrogen-bond acceptors (Lipinski definition) is 4. The molecule has 2 aliphatic heterocycles. The summed E-state index contributed by atoms with van der Waals surface area (Å²) < 4.78 is 6.76. The molecule has 2 aliphatic rings. The minimum absolute atomic E-state index is 0.0187. The SMILES string of the molecule is Cc1ccccc1C(=O)N(CC1CCCO1)C1CC(=O)N(c2ccc(I)cc2)C1=O. The molecule has 0 spiro atoms. The number of aryl methyl sites for hydroxylation is 1. The molecule has 0 N–H and O–H groups in total. The highest BCUT2D eigenvalue weighted by molar-refractivity contribution is 14.1. The van der Waals surface area contributed by atoms with E-state index in [1.165, 1.54) is 4.90 Å². The van der Waals surface area contributed by atoms with Gasteiger partial charge in [-0.05, 0) is 78.3 Å². The number of hydrogen-bond donors (Lipinski definition) is 0. The van der Waals surface area contributed by atoms with E-state index in [0.717, 1.165) is 22.0 Å². The Labute approximate surface area is 189 Å². The summed E-state index contributed by atoms with van der Waals surface area (Å²) in [6.45, 7) is 2.83. The summed E-state index contributed by atoms with van der Waals surface area (Å²) in [7, 11) is 0. The molecular weight excluding hydrogens is 495 g/mol. The molecule has 4 rings (SSSR count). The Kier molecular flexibility index (Phi) is 6.19. The van der Waals surface area contributed by atoms with Crippen molar-refractivity contribution in [3.05, 3.63) is 63.2 Å². The minimum Gasteiger partial charge on any atom is -0.376 e. The van der Waals surface area contributed by atoms with Crippen molar-refractivity contribution in [2.75, 3.05) is 18.1 Å². The third-order valence-electron chi connectivity index (χ3n) is 5.64. The lowest BCUT2D eigenvalue weighted by molar-refractivity contribution is -0.122. The van der Waals surface area contributed by atoms with Gasteiger partial charge in [0.05, 0.1) is 18.2 Å². The van der Waals surface area contributed by atoms with Crippen LogP contribution in [0.4, 0.5) is 5.69 Å². The maximum Gasteiger partial charge on any atom is 0.257 e. The van der Waals surface area contributed by atoms with E-state index in [4.69, 9.17) is 4.74 Å². The molecule has 156 valence electrons. The molecule has 2 saturated heterocycles. The second-order valence-corrected chi connectivity index (χ2v) is 8.92. The molecule has 2 fully saturated rings. The first-order chi connectivity index (χ1) is 14.5. The van der Waals surface area contributed by atoms with Crippen molar-refractivity contribution in [3.8, 4) is 0 Å². The molecule has 2 aromatic carbocycles. The van der Waals surface area contributed by atoms with E-state index in [-0.39, 0.29) is 30.2 Å². The largest absolute Gasteiger partial charge is 0.376 e. The van der Waals surface area contributed by atoms with E-state index < -0.39 is 6.04 Å². The molecule has 2 aromatic rings. The van der Waals surface area contributed by atoms with Crippen LogP contribution in [0.1, 0.15) is 35.2 Å². The molecule has 7 heteroatoms.